The van der Waals surface area contributed by atoms with E-state index in [1.165, 1.54) is 0 Å². The number of aromatic amines is 1. The molecule has 1 heterocycles. The summed E-state index contributed by atoms with van der Waals surface area (Å²) in [5, 5.41) is 8.60. The predicted molar refractivity (Wildman–Crippen MR) is 55.0 cm³/mol. The highest BCUT2D eigenvalue weighted by Crippen LogP contribution is 2.10. The minimum absolute atomic E-state index is 0.261. The number of sulfonamides is 1. The lowest BCUT2D eigenvalue weighted by molar-refractivity contribution is -0.139. The van der Waals surface area contributed by atoms with Crippen LogP contribution in [0.4, 0.5) is 0 Å². The van der Waals surface area contributed by atoms with Crippen LogP contribution in [0.15, 0.2) is 17.2 Å². The number of ether oxygens (including phenoxy) is 1. The molecule has 0 atom stereocenters. The number of hydrogen-bond donors (Lipinski definition) is 3. The molecule has 0 aliphatic heterocycles. The fourth-order valence-corrected chi connectivity index (χ4v) is 1.92. The van der Waals surface area contributed by atoms with Crippen molar-refractivity contribution in [2.24, 2.45) is 0 Å². The summed E-state index contributed by atoms with van der Waals surface area (Å²) >= 11 is 0. The van der Waals surface area contributed by atoms with Gasteiger partial charge in [0, 0.05) is 6.20 Å². The largest absolute Gasteiger partial charge is 0.477 e. The Kier molecular flexibility index (Phi) is 3.86. The summed E-state index contributed by atoms with van der Waals surface area (Å²) in [5.74, 6) is -2.03. The summed E-state index contributed by atoms with van der Waals surface area (Å²) in [6, 6.07) is 0.946. The quantitative estimate of drug-likeness (QED) is 0.594. The molecular weight excluding hydrogens is 252 g/mol. The van der Waals surface area contributed by atoms with E-state index in [0.29, 0.717) is 0 Å². The molecule has 0 radical (unpaired) electrons. The molecule has 1 rings (SSSR count). The molecule has 8 nitrogen and oxygen atoms in total. The number of hydrogen-bond acceptors (Lipinski definition) is 5. The third-order valence-electron chi connectivity index (χ3n) is 1.83. The maximum absolute atomic E-state index is 11.6. The van der Waals surface area contributed by atoms with E-state index < -0.39 is 28.5 Å². The van der Waals surface area contributed by atoms with E-state index in [9.17, 15) is 18.0 Å². The van der Waals surface area contributed by atoms with Gasteiger partial charge in [0.1, 0.15) is 17.1 Å². The molecule has 0 aromatic carbocycles. The van der Waals surface area contributed by atoms with Gasteiger partial charge >= 0.3 is 11.9 Å². The van der Waals surface area contributed by atoms with Crippen LogP contribution in [0.3, 0.4) is 0 Å². The van der Waals surface area contributed by atoms with E-state index >= 15 is 0 Å². The van der Waals surface area contributed by atoms with E-state index in [1.54, 1.807) is 0 Å². The lowest BCUT2D eigenvalue weighted by Crippen LogP contribution is -2.30. The fourth-order valence-electron chi connectivity index (χ4n) is 0.963. The molecular formula is C8H10N2O6S. The summed E-state index contributed by atoms with van der Waals surface area (Å²) in [5.41, 5.74) is -0.261. The molecule has 0 spiro atoms. The number of H-pyrrole nitrogens is 1. The molecule has 0 bridgehead atoms. The fraction of sp³-hybridized carbons (Fsp3) is 0.250. The third-order valence-corrected chi connectivity index (χ3v) is 3.21. The van der Waals surface area contributed by atoms with Crippen LogP contribution < -0.4 is 4.72 Å². The van der Waals surface area contributed by atoms with Gasteiger partial charge in [-0.1, -0.05) is 0 Å². The van der Waals surface area contributed by atoms with Gasteiger partial charge in [0.15, 0.2) is 0 Å². The Morgan fingerprint density at radius 1 is 1.53 bits per heavy atom. The van der Waals surface area contributed by atoms with Crippen LogP contribution >= 0.6 is 0 Å². The molecule has 0 amide bonds. The van der Waals surface area contributed by atoms with Crippen molar-refractivity contribution in [2.75, 3.05) is 13.7 Å². The van der Waals surface area contributed by atoms with Crippen LogP contribution in [0.1, 0.15) is 10.5 Å². The second-order valence-corrected chi connectivity index (χ2v) is 4.72. The van der Waals surface area contributed by atoms with Crippen molar-refractivity contribution in [3.63, 3.8) is 0 Å². The van der Waals surface area contributed by atoms with Crippen molar-refractivity contribution >= 4 is 22.0 Å². The van der Waals surface area contributed by atoms with E-state index in [1.807, 2.05) is 4.72 Å². The Labute approximate surface area is 96.6 Å². The molecule has 3 N–H and O–H groups in total. The number of aromatic carboxylic acids is 1. The molecule has 17 heavy (non-hydrogen) atoms. The zero-order valence-corrected chi connectivity index (χ0v) is 9.58. The van der Waals surface area contributed by atoms with Crippen LogP contribution in [-0.4, -0.2) is 44.1 Å². The van der Waals surface area contributed by atoms with Crippen molar-refractivity contribution in [3.05, 3.63) is 18.0 Å². The Bertz CT molecular complexity index is 532. The highest BCUT2D eigenvalue weighted by molar-refractivity contribution is 7.89. The van der Waals surface area contributed by atoms with Gasteiger partial charge in [-0.3, -0.25) is 4.79 Å². The standard InChI is InChI=1S/C8H10N2O6S/c1-16-7(11)4-10-17(14,15)5-2-6(8(12)13)9-3-5/h2-3,9-10H,4H2,1H3,(H,12,13). The Morgan fingerprint density at radius 2 is 2.18 bits per heavy atom. The number of aromatic nitrogens is 1. The average molecular weight is 262 g/mol. The molecule has 9 heteroatoms. The van der Waals surface area contributed by atoms with E-state index in [0.717, 1.165) is 19.4 Å². The molecule has 0 aliphatic rings. The maximum atomic E-state index is 11.6. The number of carbonyl (C=O) groups excluding carboxylic acids is 1. The minimum Gasteiger partial charge on any atom is -0.477 e. The number of carboxylic acid groups (broad SMARTS) is 1. The second-order valence-electron chi connectivity index (χ2n) is 2.95. The zero-order chi connectivity index (χ0) is 13.1. The second kappa shape index (κ2) is 4.97. The van der Waals surface area contributed by atoms with Gasteiger partial charge in [-0.2, -0.15) is 4.72 Å². The first-order valence-electron chi connectivity index (χ1n) is 4.35. The average Bonchev–Trinajstić information content (AvgIpc) is 2.76. The number of carboxylic acids is 1. The van der Waals surface area contributed by atoms with Crippen LogP contribution in [0.5, 0.6) is 0 Å². The summed E-state index contributed by atoms with van der Waals surface area (Å²) in [6.45, 7) is -0.521. The Hall–Kier alpha value is -1.87. The predicted octanol–water partition coefficient (Wildman–Crippen LogP) is -0.836. The topological polar surface area (TPSA) is 126 Å². The first kappa shape index (κ1) is 13.2. The first-order valence-corrected chi connectivity index (χ1v) is 5.83. The van der Waals surface area contributed by atoms with E-state index in [4.69, 9.17) is 5.11 Å². The van der Waals surface area contributed by atoms with Crippen molar-refractivity contribution in [1.82, 2.24) is 9.71 Å². The summed E-state index contributed by atoms with van der Waals surface area (Å²) in [6.07, 6.45) is 1.02. The van der Waals surface area contributed by atoms with Gasteiger partial charge < -0.3 is 14.8 Å². The Balaban J connectivity index is 2.82. The van der Waals surface area contributed by atoms with Crippen molar-refractivity contribution in [2.45, 2.75) is 4.90 Å². The molecule has 1 aromatic rings. The van der Waals surface area contributed by atoms with E-state index in [2.05, 4.69) is 9.72 Å². The summed E-state index contributed by atoms with van der Waals surface area (Å²) < 4.78 is 29.3. The molecule has 0 saturated heterocycles. The molecule has 0 aliphatic carbocycles. The summed E-state index contributed by atoms with van der Waals surface area (Å²) in [4.78, 5) is 23.3. The molecule has 94 valence electrons. The Morgan fingerprint density at radius 3 is 2.65 bits per heavy atom. The highest BCUT2D eigenvalue weighted by atomic mass is 32.2. The lowest BCUT2D eigenvalue weighted by Gasteiger charge is -2.02. The number of carbonyl (C=O) groups is 2. The highest BCUT2D eigenvalue weighted by Gasteiger charge is 2.19. The van der Waals surface area contributed by atoms with Gasteiger partial charge in [0.05, 0.1) is 7.11 Å². The normalized spacial score (nSPS) is 11.1. The van der Waals surface area contributed by atoms with Gasteiger partial charge in [-0.15, -0.1) is 0 Å². The smallest absolute Gasteiger partial charge is 0.352 e. The van der Waals surface area contributed by atoms with Crippen LogP contribution in [0, 0.1) is 0 Å². The molecule has 0 saturated carbocycles. The van der Waals surface area contributed by atoms with Gasteiger partial charge in [-0.05, 0) is 6.07 Å². The summed E-state index contributed by atoms with van der Waals surface area (Å²) in [7, 11) is -2.80. The molecule has 0 unspecified atom stereocenters. The van der Waals surface area contributed by atoms with Gasteiger partial charge in [0.25, 0.3) is 0 Å². The number of esters is 1. The monoisotopic (exact) mass is 262 g/mol. The van der Waals surface area contributed by atoms with Crippen molar-refractivity contribution < 1.29 is 27.9 Å². The number of methoxy groups -OCH3 is 1. The number of nitrogens with one attached hydrogen (secondary N) is 2. The molecule has 1 aromatic heterocycles. The van der Waals surface area contributed by atoms with Crippen molar-refractivity contribution in [3.8, 4) is 0 Å². The molecule has 0 fully saturated rings. The van der Waals surface area contributed by atoms with Gasteiger partial charge in [0.2, 0.25) is 10.0 Å². The van der Waals surface area contributed by atoms with Crippen LogP contribution in [-0.2, 0) is 19.6 Å². The SMILES string of the molecule is COC(=O)CNS(=O)(=O)c1c[nH]c(C(=O)O)c1. The maximum Gasteiger partial charge on any atom is 0.352 e. The van der Waals surface area contributed by atoms with Crippen LogP contribution in [0.2, 0.25) is 0 Å². The minimum atomic E-state index is -3.92. The lowest BCUT2D eigenvalue weighted by atomic mass is 10.4. The third kappa shape index (κ3) is 3.29. The first-order chi connectivity index (χ1) is 7.86. The van der Waals surface area contributed by atoms with Gasteiger partial charge in [-0.25, -0.2) is 13.2 Å². The van der Waals surface area contributed by atoms with Crippen LogP contribution in [0.25, 0.3) is 0 Å². The van der Waals surface area contributed by atoms with Crippen molar-refractivity contribution in [1.29, 1.82) is 0 Å². The van der Waals surface area contributed by atoms with E-state index in [-0.39, 0.29) is 10.6 Å². The zero-order valence-electron chi connectivity index (χ0n) is 8.76. The number of rotatable bonds is 5.